The lowest BCUT2D eigenvalue weighted by Gasteiger charge is -2.19. The molecule has 0 aliphatic heterocycles. The molecule has 0 radical (unpaired) electrons. The average Bonchev–Trinajstić information content (AvgIpc) is 3.38. The van der Waals surface area contributed by atoms with Crippen LogP contribution in [0, 0.1) is 13.8 Å². The molecule has 0 saturated heterocycles. The van der Waals surface area contributed by atoms with Crippen LogP contribution in [-0.4, -0.2) is 17.5 Å². The number of carbonyl (C=O) groups excluding carboxylic acids is 1. The molecule has 0 unspecified atom stereocenters. The number of carbonyl (C=O) groups is 1. The van der Waals surface area contributed by atoms with Gasteiger partial charge in [0.1, 0.15) is 11.5 Å². The van der Waals surface area contributed by atoms with Crippen molar-refractivity contribution in [1.29, 1.82) is 0 Å². The second kappa shape index (κ2) is 7.86. The number of para-hydroxylation sites is 1. The van der Waals surface area contributed by atoms with Crippen molar-refractivity contribution in [2.45, 2.75) is 20.4 Å². The van der Waals surface area contributed by atoms with E-state index >= 15 is 0 Å². The normalized spacial score (nSPS) is 10.9. The first-order chi connectivity index (χ1) is 13.6. The summed E-state index contributed by atoms with van der Waals surface area (Å²) in [6.07, 6.45) is 1.60. The molecule has 0 aliphatic carbocycles. The zero-order chi connectivity index (χ0) is 19.5. The molecule has 0 spiro atoms. The molecule has 4 rings (SSSR count). The maximum atomic E-state index is 13.0. The summed E-state index contributed by atoms with van der Waals surface area (Å²) in [6.45, 7) is 4.35. The highest BCUT2D eigenvalue weighted by molar-refractivity contribution is 7.22. The number of furan rings is 1. The first kappa shape index (κ1) is 18.3. The van der Waals surface area contributed by atoms with E-state index in [9.17, 15) is 4.79 Å². The third-order valence-corrected chi connectivity index (χ3v) is 5.65. The number of anilines is 1. The monoisotopic (exact) mass is 392 g/mol. The van der Waals surface area contributed by atoms with E-state index < -0.39 is 0 Å². The van der Waals surface area contributed by atoms with E-state index in [0.29, 0.717) is 23.2 Å². The zero-order valence-electron chi connectivity index (χ0n) is 15.7. The minimum Gasteiger partial charge on any atom is -0.484 e. The number of ether oxygens (including phenoxy) is 1. The summed E-state index contributed by atoms with van der Waals surface area (Å²) in [5, 5.41) is 0.641. The first-order valence-electron chi connectivity index (χ1n) is 8.99. The lowest BCUT2D eigenvalue weighted by molar-refractivity contribution is -0.120. The van der Waals surface area contributed by atoms with Crippen LogP contribution < -0.4 is 9.64 Å². The number of nitrogens with zero attached hydrogens (tertiary/aromatic N) is 2. The van der Waals surface area contributed by atoms with Gasteiger partial charge in [-0.25, -0.2) is 4.98 Å². The summed E-state index contributed by atoms with van der Waals surface area (Å²) in [5.74, 6) is 1.18. The molecular formula is C22H20N2O3S. The Morgan fingerprint density at radius 3 is 2.68 bits per heavy atom. The van der Waals surface area contributed by atoms with Crippen LogP contribution in [0.5, 0.6) is 5.75 Å². The van der Waals surface area contributed by atoms with E-state index in [-0.39, 0.29) is 12.5 Å². The maximum Gasteiger partial charge on any atom is 0.267 e. The van der Waals surface area contributed by atoms with Crippen LogP contribution in [0.15, 0.2) is 65.3 Å². The van der Waals surface area contributed by atoms with Gasteiger partial charge < -0.3 is 9.15 Å². The fourth-order valence-corrected chi connectivity index (χ4v) is 3.93. The van der Waals surface area contributed by atoms with Crippen molar-refractivity contribution >= 4 is 32.6 Å². The summed E-state index contributed by atoms with van der Waals surface area (Å²) in [6, 6.07) is 17.1. The highest BCUT2D eigenvalue weighted by Crippen LogP contribution is 2.32. The van der Waals surface area contributed by atoms with Crippen LogP contribution in [0.25, 0.3) is 10.2 Å². The van der Waals surface area contributed by atoms with Crippen molar-refractivity contribution < 1.29 is 13.9 Å². The SMILES string of the molecule is Cc1ccc2sc(N(Cc3ccco3)C(=O)COc3ccccc3)nc2c1C. The Kier molecular flexibility index (Phi) is 5.12. The van der Waals surface area contributed by atoms with Gasteiger partial charge in [-0.2, -0.15) is 0 Å². The molecule has 28 heavy (non-hydrogen) atoms. The molecule has 0 atom stereocenters. The minimum atomic E-state index is -0.173. The number of aryl methyl sites for hydroxylation is 2. The van der Waals surface area contributed by atoms with Gasteiger partial charge in [-0.05, 0) is 55.3 Å². The smallest absolute Gasteiger partial charge is 0.267 e. The molecule has 0 saturated carbocycles. The lowest BCUT2D eigenvalue weighted by atomic mass is 10.1. The van der Waals surface area contributed by atoms with Crippen molar-refractivity contribution in [1.82, 2.24) is 4.98 Å². The van der Waals surface area contributed by atoms with Crippen LogP contribution in [0.1, 0.15) is 16.9 Å². The van der Waals surface area contributed by atoms with E-state index in [0.717, 1.165) is 15.8 Å². The highest BCUT2D eigenvalue weighted by atomic mass is 32.1. The number of hydrogen-bond acceptors (Lipinski definition) is 5. The van der Waals surface area contributed by atoms with Crippen molar-refractivity contribution in [2.24, 2.45) is 0 Å². The number of fused-ring (bicyclic) bond motifs is 1. The van der Waals surface area contributed by atoms with Crippen molar-refractivity contribution in [3.8, 4) is 5.75 Å². The first-order valence-corrected chi connectivity index (χ1v) is 9.81. The van der Waals surface area contributed by atoms with E-state index in [1.165, 1.54) is 16.9 Å². The topological polar surface area (TPSA) is 55.6 Å². The van der Waals surface area contributed by atoms with Gasteiger partial charge in [0.25, 0.3) is 5.91 Å². The summed E-state index contributed by atoms with van der Waals surface area (Å²) < 4.78 is 12.2. The van der Waals surface area contributed by atoms with E-state index in [4.69, 9.17) is 14.1 Å². The number of benzene rings is 2. The molecule has 0 fully saturated rings. The number of thiazole rings is 1. The van der Waals surface area contributed by atoms with Crippen LogP contribution in [0.2, 0.25) is 0 Å². The number of amides is 1. The molecule has 5 nitrogen and oxygen atoms in total. The Hall–Kier alpha value is -3.12. The summed E-state index contributed by atoms with van der Waals surface area (Å²) in [7, 11) is 0. The Labute approximate surface area is 167 Å². The van der Waals surface area contributed by atoms with Gasteiger partial charge in [0.15, 0.2) is 11.7 Å². The second-order valence-electron chi connectivity index (χ2n) is 6.51. The Balaban J connectivity index is 1.63. The summed E-state index contributed by atoms with van der Waals surface area (Å²) in [4.78, 5) is 19.4. The molecule has 2 aromatic heterocycles. The Morgan fingerprint density at radius 1 is 1.11 bits per heavy atom. The van der Waals surface area contributed by atoms with Gasteiger partial charge in [-0.1, -0.05) is 35.6 Å². The van der Waals surface area contributed by atoms with Gasteiger partial charge in [-0.15, -0.1) is 0 Å². The molecule has 142 valence electrons. The number of hydrogen-bond donors (Lipinski definition) is 0. The second-order valence-corrected chi connectivity index (χ2v) is 7.52. The third kappa shape index (κ3) is 3.77. The number of aromatic nitrogens is 1. The van der Waals surface area contributed by atoms with Crippen LogP contribution >= 0.6 is 11.3 Å². The molecule has 0 bridgehead atoms. The molecule has 0 N–H and O–H groups in total. The lowest BCUT2D eigenvalue weighted by Crippen LogP contribution is -2.34. The minimum absolute atomic E-state index is 0.0708. The molecule has 6 heteroatoms. The van der Waals surface area contributed by atoms with Crippen LogP contribution in [-0.2, 0) is 11.3 Å². The van der Waals surface area contributed by atoms with Gasteiger partial charge in [0.05, 0.1) is 23.0 Å². The number of rotatable bonds is 6. The van der Waals surface area contributed by atoms with Crippen molar-refractivity contribution in [2.75, 3.05) is 11.5 Å². The molecule has 4 aromatic rings. The largest absolute Gasteiger partial charge is 0.484 e. The predicted molar refractivity (Wildman–Crippen MR) is 111 cm³/mol. The molecule has 1 amide bonds. The third-order valence-electron chi connectivity index (χ3n) is 4.61. The van der Waals surface area contributed by atoms with Crippen molar-refractivity contribution in [3.63, 3.8) is 0 Å². The van der Waals surface area contributed by atoms with E-state index in [1.807, 2.05) is 42.5 Å². The van der Waals surface area contributed by atoms with Crippen LogP contribution in [0.3, 0.4) is 0 Å². The van der Waals surface area contributed by atoms with E-state index in [2.05, 4.69) is 26.0 Å². The molecular weight excluding hydrogens is 372 g/mol. The van der Waals surface area contributed by atoms with Gasteiger partial charge >= 0.3 is 0 Å². The Morgan fingerprint density at radius 2 is 1.93 bits per heavy atom. The molecule has 0 aliphatic rings. The van der Waals surface area contributed by atoms with Crippen LogP contribution in [0.4, 0.5) is 5.13 Å². The standard InChI is InChI=1S/C22H20N2O3S/c1-15-10-11-19-21(16(15)2)23-22(28-19)24(13-18-9-6-12-26-18)20(25)14-27-17-7-4-3-5-8-17/h3-12H,13-14H2,1-2H3. The zero-order valence-corrected chi connectivity index (χ0v) is 16.5. The fraction of sp³-hybridized carbons (Fsp3) is 0.182. The quantitative estimate of drug-likeness (QED) is 0.457. The molecule has 2 aromatic carbocycles. The van der Waals surface area contributed by atoms with Crippen molar-refractivity contribution in [3.05, 3.63) is 77.7 Å². The summed E-state index contributed by atoms with van der Waals surface area (Å²) in [5.41, 5.74) is 3.24. The average molecular weight is 392 g/mol. The maximum absolute atomic E-state index is 13.0. The molecule has 2 heterocycles. The van der Waals surface area contributed by atoms with Gasteiger partial charge in [0.2, 0.25) is 0 Å². The van der Waals surface area contributed by atoms with Gasteiger partial charge in [-0.3, -0.25) is 9.69 Å². The predicted octanol–water partition coefficient (Wildman–Crippen LogP) is 5.12. The fourth-order valence-electron chi connectivity index (χ4n) is 2.89. The van der Waals surface area contributed by atoms with E-state index in [1.54, 1.807) is 11.2 Å². The summed E-state index contributed by atoms with van der Waals surface area (Å²) >= 11 is 1.50. The van der Waals surface area contributed by atoms with Gasteiger partial charge in [0, 0.05) is 0 Å². The Bertz CT molecular complexity index is 1090. The highest BCUT2D eigenvalue weighted by Gasteiger charge is 2.22.